The Kier molecular flexibility index (Phi) is 29.1. The van der Waals surface area contributed by atoms with Crippen molar-refractivity contribution in [3.63, 3.8) is 0 Å². The first-order valence-corrected chi connectivity index (χ1v) is 21.9. The quantitative estimate of drug-likeness (QED) is 0.0198. The predicted octanol–water partition coefficient (Wildman–Crippen LogP) is -1.52. The van der Waals surface area contributed by atoms with Crippen molar-refractivity contribution >= 4 is 53.3 Å². The predicted molar refractivity (Wildman–Crippen MR) is 233 cm³/mol. The number of nitrogens with one attached hydrogen (secondary N) is 8. The van der Waals surface area contributed by atoms with Gasteiger partial charge >= 0.3 is 5.97 Å². The molecule has 362 valence electrons. The first-order valence-electron chi connectivity index (χ1n) is 21.9. The van der Waals surface area contributed by atoms with Crippen molar-refractivity contribution in [2.45, 2.75) is 180 Å². The van der Waals surface area contributed by atoms with Crippen molar-refractivity contribution in [1.82, 2.24) is 37.2 Å². The summed E-state index contributed by atoms with van der Waals surface area (Å²) in [6.45, 7) is 8.56. The van der Waals surface area contributed by atoms with Crippen molar-refractivity contribution < 1.29 is 58.8 Å². The third-order valence-electron chi connectivity index (χ3n) is 10.1. The molecule has 22 heteroatoms. The summed E-state index contributed by atoms with van der Waals surface area (Å²) in [5.74, 6) is -8.75. The summed E-state index contributed by atoms with van der Waals surface area (Å²) in [4.78, 5) is 102. The van der Waals surface area contributed by atoms with E-state index >= 15 is 0 Å². The lowest BCUT2D eigenvalue weighted by Crippen LogP contribution is -2.62. The highest BCUT2D eigenvalue weighted by Crippen LogP contribution is 2.14. The van der Waals surface area contributed by atoms with Crippen LogP contribution in [-0.2, 0) is 38.4 Å². The maximum Gasteiger partial charge on any atom is 0.325 e. The minimum atomic E-state index is -1.67. The highest BCUT2D eigenvalue weighted by molar-refractivity contribution is 5.97. The zero-order chi connectivity index (χ0) is 48.2. The maximum absolute atomic E-state index is 13.6. The van der Waals surface area contributed by atoms with E-state index in [1.165, 1.54) is 13.8 Å². The minimum Gasteiger partial charge on any atom is -0.480 e. The molecular formula is C41H76N10O12. The van der Waals surface area contributed by atoms with Crippen LogP contribution < -0.4 is 48.7 Å². The first-order chi connectivity index (χ1) is 29.5. The van der Waals surface area contributed by atoms with Gasteiger partial charge in [-0.25, -0.2) is 0 Å². The number of carboxylic acids is 1. The molecule has 0 aromatic heterocycles. The summed E-state index contributed by atoms with van der Waals surface area (Å²) in [5.41, 5.74) is 10.4. The summed E-state index contributed by atoms with van der Waals surface area (Å²) < 4.78 is 0. The minimum absolute atomic E-state index is 0.00927. The lowest BCUT2D eigenvalue weighted by molar-refractivity contribution is -0.142. The zero-order valence-corrected chi connectivity index (χ0v) is 37.8. The van der Waals surface area contributed by atoms with Gasteiger partial charge in [0, 0.05) is 13.0 Å². The van der Waals surface area contributed by atoms with E-state index in [4.69, 9.17) is 22.0 Å². The van der Waals surface area contributed by atoms with Crippen molar-refractivity contribution in [3.8, 4) is 0 Å². The Labute approximate surface area is 370 Å². The number of guanidine groups is 1. The van der Waals surface area contributed by atoms with Crippen LogP contribution in [0.1, 0.15) is 131 Å². The maximum atomic E-state index is 13.6. The molecule has 0 spiro atoms. The first kappa shape index (κ1) is 57.9. The van der Waals surface area contributed by atoms with Crippen LogP contribution in [0.15, 0.2) is 0 Å². The van der Waals surface area contributed by atoms with Crippen molar-refractivity contribution in [3.05, 3.63) is 0 Å². The van der Waals surface area contributed by atoms with E-state index in [1.807, 2.05) is 0 Å². The third-order valence-corrected chi connectivity index (χ3v) is 10.1. The van der Waals surface area contributed by atoms with E-state index in [9.17, 15) is 53.7 Å². The average molecular weight is 901 g/mol. The van der Waals surface area contributed by atoms with Crippen LogP contribution in [0, 0.1) is 17.2 Å². The second kappa shape index (κ2) is 31.7. The van der Waals surface area contributed by atoms with Crippen LogP contribution in [0.4, 0.5) is 0 Å². The molecule has 0 aromatic rings. The molecule has 8 unspecified atom stereocenters. The molecule has 0 radical (unpaired) electrons. The van der Waals surface area contributed by atoms with Crippen LogP contribution in [0.3, 0.4) is 0 Å². The molecule has 0 heterocycles. The third kappa shape index (κ3) is 25.6. The zero-order valence-electron chi connectivity index (χ0n) is 37.8. The van der Waals surface area contributed by atoms with Crippen molar-refractivity contribution in [2.75, 3.05) is 13.2 Å². The van der Waals surface area contributed by atoms with E-state index in [0.717, 1.165) is 57.8 Å². The molecule has 22 nitrogen and oxygen atoms in total. The molecule has 0 rings (SSSR count). The SMILES string of the molecule is CC(NC(=O)C(CCC(N)=O)NC(=O)C(CO)NC(=O)C(NC(=O)C(NC(=O)C(NC(=O)CC(O)CCCCCCCCCCCCNC(=N)N)C(C)O)C(C)C)C(C)C)C(=O)O. The summed E-state index contributed by atoms with van der Waals surface area (Å²) in [6.07, 6.45) is 7.27. The van der Waals surface area contributed by atoms with Gasteiger partial charge in [-0.1, -0.05) is 85.5 Å². The summed E-state index contributed by atoms with van der Waals surface area (Å²) in [5, 5.41) is 64.2. The van der Waals surface area contributed by atoms with Crippen LogP contribution in [-0.4, -0.2) is 135 Å². The molecule has 0 saturated carbocycles. The number of unbranched alkanes of at least 4 members (excludes halogenated alkanes) is 9. The summed E-state index contributed by atoms with van der Waals surface area (Å²) in [6, 6.07) is -8.61. The Morgan fingerprint density at radius 3 is 1.44 bits per heavy atom. The van der Waals surface area contributed by atoms with Crippen molar-refractivity contribution in [2.24, 2.45) is 23.3 Å². The lowest BCUT2D eigenvalue weighted by Gasteiger charge is -2.30. The molecular weight excluding hydrogens is 825 g/mol. The molecule has 0 bridgehead atoms. The van der Waals surface area contributed by atoms with Crippen LogP contribution in [0.5, 0.6) is 0 Å². The fraction of sp³-hybridized carbons (Fsp3) is 0.780. The van der Waals surface area contributed by atoms with E-state index < -0.39 is 114 Å². The molecule has 0 aliphatic rings. The van der Waals surface area contributed by atoms with Gasteiger partial charge < -0.3 is 69.1 Å². The highest BCUT2D eigenvalue weighted by Gasteiger charge is 2.36. The number of nitrogens with two attached hydrogens (primary N) is 2. The molecule has 0 aliphatic heterocycles. The topological polar surface area (TPSA) is 378 Å². The molecule has 0 aliphatic carbocycles. The van der Waals surface area contributed by atoms with E-state index in [0.29, 0.717) is 19.4 Å². The van der Waals surface area contributed by atoms with Gasteiger partial charge in [0.25, 0.3) is 0 Å². The highest BCUT2D eigenvalue weighted by atomic mass is 16.4. The van der Waals surface area contributed by atoms with E-state index in [-0.39, 0.29) is 25.2 Å². The van der Waals surface area contributed by atoms with Crippen LogP contribution in [0.2, 0.25) is 0 Å². The number of amides is 7. The number of hydrogen-bond donors (Lipinski definition) is 14. The average Bonchev–Trinajstić information content (AvgIpc) is 3.19. The lowest BCUT2D eigenvalue weighted by atomic mass is 9.98. The number of carboxylic acid groups (broad SMARTS) is 1. The molecule has 8 atom stereocenters. The fourth-order valence-electron chi connectivity index (χ4n) is 6.31. The van der Waals surface area contributed by atoms with Gasteiger partial charge in [0.05, 0.1) is 25.2 Å². The van der Waals surface area contributed by atoms with Gasteiger partial charge in [-0.2, -0.15) is 0 Å². The van der Waals surface area contributed by atoms with Crippen molar-refractivity contribution in [1.29, 1.82) is 5.41 Å². The summed E-state index contributed by atoms with van der Waals surface area (Å²) in [7, 11) is 0. The Bertz CT molecular complexity index is 1480. The number of primary amides is 1. The van der Waals surface area contributed by atoms with Crippen LogP contribution >= 0.6 is 0 Å². The molecule has 0 fully saturated rings. The molecule has 16 N–H and O–H groups in total. The largest absolute Gasteiger partial charge is 0.480 e. The van der Waals surface area contributed by atoms with Gasteiger partial charge in [0.2, 0.25) is 41.4 Å². The molecule has 63 heavy (non-hydrogen) atoms. The second-order valence-corrected chi connectivity index (χ2v) is 16.6. The fourth-order valence-corrected chi connectivity index (χ4v) is 6.31. The van der Waals surface area contributed by atoms with E-state index in [1.54, 1.807) is 27.7 Å². The molecule has 7 amide bonds. The van der Waals surface area contributed by atoms with Gasteiger partial charge in [0.1, 0.15) is 36.3 Å². The standard InChI is InChI=1S/C41H76N10O12/c1-23(2)32(37(59)48-29(22-52)36(58)47-28(18-19-30(42)55)35(57)46-25(5)40(62)63)50-38(60)33(24(3)4)51-39(61)34(26(6)53)49-31(56)21-27(54)17-15-13-11-9-7-8-10-12-14-16-20-45-41(43)44/h23-29,32-34,52-54H,7-22H2,1-6H3,(H2,42,55)(H,46,57)(H,47,58)(H,48,59)(H,49,56)(H,50,60)(H,51,61)(H,62,63)(H4,43,44,45). The number of aliphatic hydroxyl groups is 3. The normalized spacial score (nSPS) is 15.0. The Morgan fingerprint density at radius 2 is 1.00 bits per heavy atom. The number of carbonyl (C=O) groups is 8. The van der Waals surface area contributed by atoms with Gasteiger partial charge in [-0.3, -0.25) is 43.8 Å². The van der Waals surface area contributed by atoms with E-state index in [2.05, 4.69) is 37.2 Å². The molecule has 0 aromatic carbocycles. The van der Waals surface area contributed by atoms with Gasteiger partial charge in [0.15, 0.2) is 5.96 Å². The Balaban J connectivity index is 5.30. The monoisotopic (exact) mass is 901 g/mol. The molecule has 0 saturated heterocycles. The van der Waals surface area contributed by atoms with Crippen LogP contribution in [0.25, 0.3) is 0 Å². The Morgan fingerprint density at radius 1 is 0.556 bits per heavy atom. The number of rotatable bonds is 34. The second-order valence-electron chi connectivity index (χ2n) is 16.6. The van der Waals surface area contributed by atoms with Gasteiger partial charge in [-0.05, 0) is 44.9 Å². The number of hydrogen-bond acceptors (Lipinski definition) is 12. The number of aliphatic hydroxyl groups excluding tert-OH is 3. The number of aliphatic carboxylic acids is 1. The smallest absolute Gasteiger partial charge is 0.325 e. The summed E-state index contributed by atoms with van der Waals surface area (Å²) >= 11 is 0. The number of carbonyl (C=O) groups excluding carboxylic acids is 7. The van der Waals surface area contributed by atoms with Gasteiger partial charge in [-0.15, -0.1) is 0 Å². The Hall–Kier alpha value is -5.09.